The maximum absolute atomic E-state index is 5.80. The molecule has 5 heteroatoms. The maximum atomic E-state index is 5.80. The Kier molecular flexibility index (Phi) is 6.40. The van der Waals surface area contributed by atoms with E-state index < -0.39 is 0 Å². The molecule has 0 saturated carbocycles. The van der Waals surface area contributed by atoms with Crippen molar-refractivity contribution in [2.45, 2.75) is 20.4 Å². The van der Waals surface area contributed by atoms with E-state index >= 15 is 0 Å². The van der Waals surface area contributed by atoms with Gasteiger partial charge < -0.3 is 5.73 Å². The summed E-state index contributed by atoms with van der Waals surface area (Å²) in [5, 5.41) is 4.42. The number of benzene rings is 1. The SMILES string of the molecule is CN(Cc1ccnn1-c1ccccc1)CC(C)(C)CN.Cl. The van der Waals surface area contributed by atoms with Crippen LogP contribution in [-0.4, -0.2) is 34.8 Å². The summed E-state index contributed by atoms with van der Waals surface area (Å²) in [6, 6.07) is 12.3. The zero-order chi connectivity index (χ0) is 14.6. The van der Waals surface area contributed by atoms with Crippen LogP contribution in [0.3, 0.4) is 0 Å². The predicted octanol–water partition coefficient (Wildman–Crippen LogP) is 2.71. The number of halogens is 1. The van der Waals surface area contributed by atoms with Crippen LogP contribution in [0, 0.1) is 5.41 Å². The second kappa shape index (κ2) is 7.59. The van der Waals surface area contributed by atoms with Crippen LogP contribution in [0.15, 0.2) is 42.6 Å². The maximum Gasteiger partial charge on any atom is 0.0649 e. The van der Waals surface area contributed by atoms with Gasteiger partial charge >= 0.3 is 0 Å². The molecule has 1 aromatic heterocycles. The largest absolute Gasteiger partial charge is 0.330 e. The van der Waals surface area contributed by atoms with Gasteiger partial charge in [-0.15, -0.1) is 12.4 Å². The van der Waals surface area contributed by atoms with Crippen molar-refractivity contribution < 1.29 is 0 Å². The first-order valence-electron chi connectivity index (χ1n) is 6.99. The van der Waals surface area contributed by atoms with E-state index in [2.05, 4.69) is 49.1 Å². The number of rotatable bonds is 6. The summed E-state index contributed by atoms with van der Waals surface area (Å²) in [5.74, 6) is 0. The molecule has 0 spiro atoms. The first-order valence-corrected chi connectivity index (χ1v) is 6.99. The second-order valence-corrected chi connectivity index (χ2v) is 6.11. The number of nitrogens with zero attached hydrogens (tertiary/aromatic N) is 3. The summed E-state index contributed by atoms with van der Waals surface area (Å²) in [7, 11) is 2.12. The average molecular weight is 309 g/mol. The van der Waals surface area contributed by atoms with Crippen LogP contribution in [0.4, 0.5) is 0 Å². The van der Waals surface area contributed by atoms with E-state index in [4.69, 9.17) is 5.73 Å². The molecule has 0 aliphatic rings. The van der Waals surface area contributed by atoms with Gasteiger partial charge in [-0.3, -0.25) is 4.90 Å². The molecule has 2 aromatic rings. The zero-order valence-electron chi connectivity index (χ0n) is 13.0. The predicted molar refractivity (Wildman–Crippen MR) is 90.0 cm³/mol. The first-order chi connectivity index (χ1) is 9.52. The monoisotopic (exact) mass is 308 g/mol. The standard InChI is InChI=1S/C16H24N4.ClH/c1-16(2,12-17)13-19(3)11-15-9-10-18-20(15)14-7-5-4-6-8-14;/h4-10H,11-13,17H2,1-3H3;1H. The molecule has 4 nitrogen and oxygen atoms in total. The molecule has 2 N–H and O–H groups in total. The van der Waals surface area contributed by atoms with Gasteiger partial charge in [0, 0.05) is 19.3 Å². The number of hydrogen-bond donors (Lipinski definition) is 1. The Balaban J connectivity index is 0.00000220. The summed E-state index contributed by atoms with van der Waals surface area (Å²) in [6.07, 6.45) is 1.85. The van der Waals surface area contributed by atoms with E-state index in [-0.39, 0.29) is 17.8 Å². The van der Waals surface area contributed by atoms with E-state index in [9.17, 15) is 0 Å². The first kappa shape index (κ1) is 17.7. The fourth-order valence-electron chi connectivity index (χ4n) is 2.38. The van der Waals surface area contributed by atoms with Gasteiger partial charge in [-0.1, -0.05) is 32.0 Å². The van der Waals surface area contributed by atoms with Gasteiger partial charge in [-0.05, 0) is 37.2 Å². The van der Waals surface area contributed by atoms with Gasteiger partial charge in [-0.25, -0.2) is 4.68 Å². The second-order valence-electron chi connectivity index (χ2n) is 6.11. The minimum atomic E-state index is 0. The summed E-state index contributed by atoms with van der Waals surface area (Å²) >= 11 is 0. The van der Waals surface area contributed by atoms with E-state index in [1.807, 2.05) is 29.1 Å². The highest BCUT2D eigenvalue weighted by molar-refractivity contribution is 5.85. The summed E-state index contributed by atoms with van der Waals surface area (Å²) in [5.41, 5.74) is 8.22. The smallest absolute Gasteiger partial charge is 0.0649 e. The lowest BCUT2D eigenvalue weighted by molar-refractivity contribution is 0.207. The molecule has 0 aliphatic carbocycles. The Morgan fingerprint density at radius 2 is 1.86 bits per heavy atom. The Hall–Kier alpha value is -1.36. The lowest BCUT2D eigenvalue weighted by Crippen LogP contribution is -2.36. The third-order valence-corrected chi connectivity index (χ3v) is 3.40. The van der Waals surface area contributed by atoms with Gasteiger partial charge in [0.25, 0.3) is 0 Å². The molecule has 1 aromatic carbocycles. The Morgan fingerprint density at radius 3 is 2.48 bits per heavy atom. The van der Waals surface area contributed by atoms with Crippen LogP contribution >= 0.6 is 12.4 Å². The van der Waals surface area contributed by atoms with Crippen molar-refractivity contribution in [2.24, 2.45) is 11.1 Å². The van der Waals surface area contributed by atoms with Crippen LogP contribution < -0.4 is 5.73 Å². The number of aromatic nitrogens is 2. The van der Waals surface area contributed by atoms with Crippen molar-refractivity contribution in [3.05, 3.63) is 48.3 Å². The highest BCUT2D eigenvalue weighted by Crippen LogP contribution is 2.17. The molecule has 0 radical (unpaired) electrons. The third-order valence-electron chi connectivity index (χ3n) is 3.40. The van der Waals surface area contributed by atoms with Gasteiger partial charge in [0.05, 0.1) is 11.4 Å². The minimum absolute atomic E-state index is 0. The molecule has 21 heavy (non-hydrogen) atoms. The summed E-state index contributed by atoms with van der Waals surface area (Å²) in [4.78, 5) is 2.29. The number of para-hydroxylation sites is 1. The Labute approximate surface area is 133 Å². The van der Waals surface area contributed by atoms with Crippen molar-refractivity contribution in [2.75, 3.05) is 20.1 Å². The molecule has 0 fully saturated rings. The van der Waals surface area contributed by atoms with Crippen molar-refractivity contribution in [1.29, 1.82) is 0 Å². The van der Waals surface area contributed by atoms with Crippen molar-refractivity contribution in [3.8, 4) is 5.69 Å². The van der Waals surface area contributed by atoms with Crippen molar-refractivity contribution >= 4 is 12.4 Å². The molecule has 116 valence electrons. The molecule has 2 rings (SSSR count). The Bertz CT molecular complexity index is 536. The normalized spacial score (nSPS) is 11.5. The molecule has 0 aliphatic heterocycles. The third kappa shape index (κ3) is 4.84. The summed E-state index contributed by atoms with van der Waals surface area (Å²) < 4.78 is 1.99. The highest BCUT2D eigenvalue weighted by Gasteiger charge is 2.19. The zero-order valence-corrected chi connectivity index (χ0v) is 13.8. The lowest BCUT2D eigenvalue weighted by atomic mass is 9.93. The van der Waals surface area contributed by atoms with Crippen molar-refractivity contribution in [1.82, 2.24) is 14.7 Å². The Morgan fingerprint density at radius 1 is 1.19 bits per heavy atom. The average Bonchev–Trinajstić information content (AvgIpc) is 2.87. The minimum Gasteiger partial charge on any atom is -0.330 e. The lowest BCUT2D eigenvalue weighted by Gasteiger charge is -2.29. The van der Waals surface area contributed by atoms with Crippen LogP contribution in [-0.2, 0) is 6.54 Å². The van der Waals surface area contributed by atoms with E-state index in [1.54, 1.807) is 0 Å². The van der Waals surface area contributed by atoms with Crippen LogP contribution in [0.2, 0.25) is 0 Å². The molecule has 0 unspecified atom stereocenters. The van der Waals surface area contributed by atoms with Crippen LogP contribution in [0.1, 0.15) is 19.5 Å². The van der Waals surface area contributed by atoms with Crippen LogP contribution in [0.25, 0.3) is 5.69 Å². The molecule has 0 bridgehead atoms. The fraction of sp³-hybridized carbons (Fsp3) is 0.438. The molecular weight excluding hydrogens is 284 g/mol. The van der Waals surface area contributed by atoms with Gasteiger partial charge in [0.2, 0.25) is 0 Å². The number of hydrogen-bond acceptors (Lipinski definition) is 3. The van der Waals surface area contributed by atoms with E-state index in [1.165, 1.54) is 5.69 Å². The van der Waals surface area contributed by atoms with Crippen molar-refractivity contribution in [3.63, 3.8) is 0 Å². The van der Waals surface area contributed by atoms with Gasteiger partial charge in [0.15, 0.2) is 0 Å². The van der Waals surface area contributed by atoms with Crippen LogP contribution in [0.5, 0.6) is 0 Å². The van der Waals surface area contributed by atoms with Gasteiger partial charge in [0.1, 0.15) is 0 Å². The fourth-order valence-corrected chi connectivity index (χ4v) is 2.38. The molecule has 0 atom stereocenters. The summed E-state index contributed by atoms with van der Waals surface area (Å²) in [6.45, 7) is 6.90. The molecule has 1 heterocycles. The molecule has 0 amide bonds. The van der Waals surface area contributed by atoms with E-state index in [0.29, 0.717) is 6.54 Å². The quantitative estimate of drug-likeness (QED) is 0.892. The molecule has 0 saturated heterocycles. The topological polar surface area (TPSA) is 47.1 Å². The van der Waals surface area contributed by atoms with Gasteiger partial charge in [-0.2, -0.15) is 5.10 Å². The number of nitrogens with two attached hydrogens (primary N) is 1. The van der Waals surface area contributed by atoms with E-state index in [0.717, 1.165) is 18.8 Å². The highest BCUT2D eigenvalue weighted by atomic mass is 35.5. The molecular formula is C16H25ClN4.